The van der Waals surface area contributed by atoms with E-state index in [1.54, 1.807) is 0 Å². The van der Waals surface area contributed by atoms with Crippen LogP contribution in [-0.2, 0) is 17.3 Å². The van der Waals surface area contributed by atoms with E-state index in [2.05, 4.69) is 67.5 Å². The van der Waals surface area contributed by atoms with Gasteiger partial charge in [0, 0.05) is 29.2 Å². The van der Waals surface area contributed by atoms with E-state index in [-0.39, 0.29) is 40.2 Å². The molecular weight excluding hydrogens is 408 g/mol. The zero-order valence-corrected chi connectivity index (χ0v) is 21.5. The van der Waals surface area contributed by atoms with Gasteiger partial charge in [0.1, 0.15) is 11.6 Å². The van der Waals surface area contributed by atoms with Gasteiger partial charge in [-0.1, -0.05) is 85.7 Å². The van der Waals surface area contributed by atoms with Crippen LogP contribution in [0.25, 0.3) is 0 Å². The molecule has 1 fully saturated rings. The lowest BCUT2D eigenvalue weighted by molar-refractivity contribution is 0.0959. The third-order valence-electron chi connectivity index (χ3n) is 6.88. The lowest BCUT2D eigenvalue weighted by atomic mass is 9.78. The van der Waals surface area contributed by atoms with Crippen LogP contribution in [-0.4, -0.2) is 34.7 Å². The maximum Gasteiger partial charge on any atom is 0.182 e. The molecule has 0 amide bonds. The molecule has 1 saturated heterocycles. The minimum atomic E-state index is -0.288. The predicted molar refractivity (Wildman–Crippen MR) is 137 cm³/mol. The number of benzene rings is 2. The van der Waals surface area contributed by atoms with Crippen LogP contribution >= 0.6 is 0 Å². The van der Waals surface area contributed by atoms with Crippen molar-refractivity contribution in [3.05, 3.63) is 64.7 Å². The smallest absolute Gasteiger partial charge is 0.182 e. The highest BCUT2D eigenvalue weighted by atomic mass is 16.3. The highest BCUT2D eigenvalue weighted by Gasteiger charge is 2.44. The highest BCUT2D eigenvalue weighted by molar-refractivity contribution is 6.01. The van der Waals surface area contributed by atoms with Crippen LogP contribution in [0, 0.1) is 16.7 Å². The molecule has 33 heavy (non-hydrogen) atoms. The Hall–Kier alpha value is -2.62. The number of phenols is 1. The first-order valence-corrected chi connectivity index (χ1v) is 11.9. The van der Waals surface area contributed by atoms with Crippen molar-refractivity contribution in [1.29, 1.82) is 5.41 Å². The van der Waals surface area contributed by atoms with E-state index >= 15 is 0 Å². The van der Waals surface area contributed by atoms with Gasteiger partial charge in [0.05, 0.1) is 6.54 Å². The van der Waals surface area contributed by atoms with E-state index < -0.39 is 0 Å². The number of phenolic OH excluding ortho intramolecular Hbond substituents is 1. The molecule has 0 aromatic heterocycles. The number of carbonyl (C=O) groups is 1. The van der Waals surface area contributed by atoms with Crippen LogP contribution in [0.1, 0.15) is 82.4 Å². The fourth-order valence-corrected chi connectivity index (χ4v) is 4.85. The summed E-state index contributed by atoms with van der Waals surface area (Å²) >= 11 is 0. The van der Waals surface area contributed by atoms with Crippen molar-refractivity contribution < 1.29 is 9.90 Å². The van der Waals surface area contributed by atoms with Gasteiger partial charge < -0.3 is 10.0 Å². The Bertz CT molecular complexity index is 1000. The Morgan fingerprint density at radius 3 is 2.03 bits per heavy atom. The van der Waals surface area contributed by atoms with E-state index in [0.717, 1.165) is 17.5 Å². The fraction of sp³-hybridized carbons (Fsp3) is 0.517. The van der Waals surface area contributed by atoms with Crippen molar-refractivity contribution in [3.63, 3.8) is 0 Å². The van der Waals surface area contributed by atoms with Gasteiger partial charge in [0.15, 0.2) is 5.78 Å². The largest absolute Gasteiger partial charge is 0.507 e. The fourth-order valence-electron chi connectivity index (χ4n) is 4.85. The van der Waals surface area contributed by atoms with Gasteiger partial charge in [-0.25, -0.2) is 0 Å². The summed E-state index contributed by atoms with van der Waals surface area (Å²) in [5.74, 6) is 0.891. The molecule has 1 aliphatic rings. The van der Waals surface area contributed by atoms with Gasteiger partial charge in [0.25, 0.3) is 0 Å². The maximum absolute atomic E-state index is 13.5. The number of likely N-dealkylation sites (tertiary alicyclic amines) is 1. The average molecular weight is 449 g/mol. The molecule has 0 saturated carbocycles. The Morgan fingerprint density at radius 2 is 1.55 bits per heavy atom. The summed E-state index contributed by atoms with van der Waals surface area (Å²) in [4.78, 5) is 15.4. The molecule has 1 unspecified atom stereocenters. The van der Waals surface area contributed by atoms with E-state index in [1.807, 2.05) is 35.2 Å². The monoisotopic (exact) mass is 448 g/mol. The van der Waals surface area contributed by atoms with Crippen molar-refractivity contribution in [2.24, 2.45) is 11.3 Å². The summed E-state index contributed by atoms with van der Waals surface area (Å²) in [6.45, 7) is 17.6. The lowest BCUT2D eigenvalue weighted by Gasteiger charge is -2.28. The van der Waals surface area contributed by atoms with E-state index in [4.69, 9.17) is 5.41 Å². The molecule has 1 aliphatic heterocycles. The normalized spacial score (nSPS) is 18.6. The highest BCUT2D eigenvalue weighted by Crippen LogP contribution is 2.41. The summed E-state index contributed by atoms with van der Waals surface area (Å²) in [5, 5.41) is 19.9. The first-order valence-electron chi connectivity index (χ1n) is 11.9. The van der Waals surface area contributed by atoms with Crippen LogP contribution < -0.4 is 0 Å². The predicted octanol–water partition coefficient (Wildman–Crippen LogP) is 6.35. The molecule has 2 N–H and O–H groups in total. The van der Waals surface area contributed by atoms with Gasteiger partial charge in [-0.2, -0.15) is 0 Å². The minimum absolute atomic E-state index is 0.00749. The topological polar surface area (TPSA) is 64.4 Å². The summed E-state index contributed by atoms with van der Waals surface area (Å²) in [7, 11) is 0. The van der Waals surface area contributed by atoms with E-state index in [0.29, 0.717) is 17.9 Å². The second-order valence-electron chi connectivity index (χ2n) is 12.3. The number of hydrogen-bond acceptors (Lipinski definition) is 3. The molecule has 4 nitrogen and oxygen atoms in total. The third-order valence-corrected chi connectivity index (χ3v) is 6.88. The molecule has 3 rings (SSSR count). The number of aromatic hydroxyl groups is 1. The number of Topliss-reactive ketones (excluding diaryl/α,β-unsaturated/α-hetero) is 1. The number of nitrogens with zero attached hydrogens (tertiary/aromatic N) is 1. The molecule has 0 spiro atoms. The molecule has 0 radical (unpaired) electrons. The zero-order valence-electron chi connectivity index (χ0n) is 21.5. The lowest BCUT2D eigenvalue weighted by Crippen LogP contribution is -2.33. The number of nitrogens with one attached hydrogen (secondary N) is 1. The van der Waals surface area contributed by atoms with Crippen molar-refractivity contribution in [3.8, 4) is 5.75 Å². The summed E-state index contributed by atoms with van der Waals surface area (Å²) < 4.78 is 0. The van der Waals surface area contributed by atoms with Gasteiger partial charge in [-0.3, -0.25) is 10.2 Å². The van der Waals surface area contributed by atoms with Crippen LogP contribution in [0.5, 0.6) is 5.75 Å². The zero-order chi connectivity index (χ0) is 24.8. The molecule has 1 atom stereocenters. The standard InChI is InChI=1S/C29H40N2O2/c1-27(2,3)21-15-20(16-22(25(21)33)28(4,5)6)24(32)17-31-18-29(7,8)23(26(31)30)14-19-12-10-9-11-13-19/h9-13,15-16,23,30,33H,14,17-18H2,1-8H3. The van der Waals surface area contributed by atoms with E-state index in [1.165, 1.54) is 5.56 Å². The summed E-state index contributed by atoms with van der Waals surface area (Å²) in [6.07, 6.45) is 0.804. The Kier molecular flexibility index (Phi) is 6.54. The molecule has 0 bridgehead atoms. The maximum atomic E-state index is 13.5. The molecular formula is C29H40N2O2. The van der Waals surface area contributed by atoms with Gasteiger partial charge >= 0.3 is 0 Å². The number of carbonyl (C=O) groups excluding carboxylic acids is 1. The molecule has 1 heterocycles. The second-order valence-corrected chi connectivity index (χ2v) is 12.3. The van der Waals surface area contributed by atoms with Crippen molar-refractivity contribution in [2.75, 3.05) is 13.1 Å². The molecule has 2 aromatic carbocycles. The van der Waals surface area contributed by atoms with Crippen LogP contribution in [0.15, 0.2) is 42.5 Å². The summed E-state index contributed by atoms with van der Waals surface area (Å²) in [5.41, 5.74) is 2.74. The molecule has 178 valence electrons. The van der Waals surface area contributed by atoms with Gasteiger partial charge in [-0.15, -0.1) is 0 Å². The van der Waals surface area contributed by atoms with Crippen LogP contribution in [0.3, 0.4) is 0 Å². The number of amidine groups is 1. The van der Waals surface area contributed by atoms with Gasteiger partial charge in [-0.05, 0) is 40.4 Å². The van der Waals surface area contributed by atoms with Crippen molar-refractivity contribution in [2.45, 2.75) is 72.6 Å². The Morgan fingerprint density at radius 1 is 1.03 bits per heavy atom. The second kappa shape index (κ2) is 8.62. The summed E-state index contributed by atoms with van der Waals surface area (Å²) in [6, 6.07) is 14.0. The number of ketones is 1. The van der Waals surface area contributed by atoms with Crippen LogP contribution in [0.2, 0.25) is 0 Å². The van der Waals surface area contributed by atoms with E-state index in [9.17, 15) is 9.90 Å². The number of hydrogen-bond donors (Lipinski definition) is 2. The Labute approximate surface area is 199 Å². The first-order chi connectivity index (χ1) is 15.1. The van der Waals surface area contributed by atoms with Crippen LogP contribution in [0.4, 0.5) is 0 Å². The Balaban J connectivity index is 1.89. The SMILES string of the molecule is CC(C)(C)c1cc(C(=O)CN2CC(C)(C)C(Cc3ccccc3)C2=N)cc(C(C)(C)C)c1O. The molecule has 4 heteroatoms. The number of rotatable bonds is 5. The molecule has 2 aromatic rings. The average Bonchev–Trinajstić information content (AvgIpc) is 2.90. The first kappa shape index (κ1) is 25.0. The van der Waals surface area contributed by atoms with Gasteiger partial charge in [0.2, 0.25) is 0 Å². The molecule has 0 aliphatic carbocycles. The van der Waals surface area contributed by atoms with Crippen molar-refractivity contribution >= 4 is 11.6 Å². The van der Waals surface area contributed by atoms with Crippen molar-refractivity contribution in [1.82, 2.24) is 4.90 Å². The third kappa shape index (κ3) is 5.31. The minimum Gasteiger partial charge on any atom is -0.507 e. The quantitative estimate of drug-likeness (QED) is 0.524.